The summed E-state index contributed by atoms with van der Waals surface area (Å²) in [5.74, 6) is 0.833. The number of aryl methyl sites for hydroxylation is 1. The van der Waals surface area contributed by atoms with Crippen LogP contribution in [0.3, 0.4) is 0 Å². The van der Waals surface area contributed by atoms with Gasteiger partial charge in [-0.1, -0.05) is 71.9 Å². The summed E-state index contributed by atoms with van der Waals surface area (Å²) in [6, 6.07) is 10.5. The third-order valence-corrected chi connectivity index (χ3v) is 1.25. The van der Waals surface area contributed by atoms with Crippen LogP contribution in [0.5, 0.6) is 0 Å². The molecule has 0 bridgehead atoms. The fraction of sp³-hybridized carbons (Fsp3) is 0.571. The molecule has 14 heavy (non-hydrogen) atoms. The molecule has 0 heteroatoms. The van der Waals surface area contributed by atoms with Crippen LogP contribution in [0.4, 0.5) is 0 Å². The molecule has 0 aliphatic rings. The van der Waals surface area contributed by atoms with E-state index in [1.807, 2.05) is 19.9 Å². The normalized spacial score (nSPS) is 8.21. The van der Waals surface area contributed by atoms with Crippen LogP contribution in [0, 0.1) is 5.92 Å². The molecule has 1 aromatic carbocycles. The van der Waals surface area contributed by atoms with Gasteiger partial charge in [-0.25, -0.2) is 0 Å². The number of benzene rings is 1. The molecule has 0 saturated carbocycles. The van der Waals surface area contributed by atoms with Crippen LogP contribution < -0.4 is 0 Å². The first kappa shape index (κ1) is 15.7. The summed E-state index contributed by atoms with van der Waals surface area (Å²) in [4.78, 5) is 0. The molecule has 0 aliphatic carbocycles. The maximum Gasteiger partial charge on any atom is -0.0307 e. The highest BCUT2D eigenvalue weighted by atomic mass is 13.9. The Morgan fingerprint density at radius 2 is 1.29 bits per heavy atom. The summed E-state index contributed by atoms with van der Waals surface area (Å²) in [5.41, 5.74) is 1.41. The molecule has 0 N–H and O–H groups in total. The van der Waals surface area contributed by atoms with Crippen molar-refractivity contribution in [1.82, 2.24) is 0 Å². The first-order chi connectivity index (χ1) is 6.66. The van der Waals surface area contributed by atoms with Crippen molar-refractivity contribution in [3.05, 3.63) is 35.9 Å². The molecule has 0 aromatic heterocycles. The number of hydrogen-bond acceptors (Lipinski definition) is 0. The molecule has 1 rings (SSSR count). The van der Waals surface area contributed by atoms with Gasteiger partial charge in [-0.3, -0.25) is 0 Å². The second-order valence-corrected chi connectivity index (χ2v) is 3.57. The van der Waals surface area contributed by atoms with Gasteiger partial charge in [0.25, 0.3) is 0 Å². The van der Waals surface area contributed by atoms with Crippen LogP contribution in [-0.4, -0.2) is 0 Å². The first-order valence-electron chi connectivity index (χ1n) is 5.70. The largest absolute Gasteiger partial charge is 0.0683 e. The average Bonchev–Trinajstić information content (AvgIpc) is 2.21. The van der Waals surface area contributed by atoms with Gasteiger partial charge in [0.2, 0.25) is 0 Å². The molecule has 82 valence electrons. The second-order valence-electron chi connectivity index (χ2n) is 3.57. The van der Waals surface area contributed by atoms with Crippen LogP contribution >= 0.6 is 0 Å². The molecule has 0 aliphatic heterocycles. The third kappa shape index (κ3) is 13.8. The van der Waals surface area contributed by atoms with Gasteiger partial charge in [0.05, 0.1) is 0 Å². The molecule has 0 saturated heterocycles. The quantitative estimate of drug-likeness (QED) is 0.594. The second kappa shape index (κ2) is 12.2. The van der Waals surface area contributed by atoms with E-state index in [-0.39, 0.29) is 0 Å². The summed E-state index contributed by atoms with van der Waals surface area (Å²) in [6.07, 6.45) is 1.14. The predicted octanol–water partition coefficient (Wildman–Crippen LogP) is 4.94. The van der Waals surface area contributed by atoms with Gasteiger partial charge in [0.1, 0.15) is 0 Å². The Hall–Kier alpha value is -0.780. The lowest BCUT2D eigenvalue weighted by molar-refractivity contribution is 0.737. The van der Waals surface area contributed by atoms with Crippen molar-refractivity contribution < 1.29 is 0 Å². The minimum absolute atomic E-state index is 0.833. The Balaban J connectivity index is 0. The van der Waals surface area contributed by atoms with Gasteiger partial charge in [-0.15, -0.1) is 0 Å². The zero-order valence-corrected chi connectivity index (χ0v) is 10.7. The summed E-state index contributed by atoms with van der Waals surface area (Å²) in [6.45, 7) is 12.7. The van der Waals surface area contributed by atoms with E-state index in [0.29, 0.717) is 0 Å². The average molecular weight is 194 g/mol. The van der Waals surface area contributed by atoms with Gasteiger partial charge >= 0.3 is 0 Å². The van der Waals surface area contributed by atoms with E-state index in [1.54, 1.807) is 0 Å². The predicted molar refractivity (Wildman–Crippen MR) is 67.7 cm³/mol. The molecular formula is C14H26. The molecular weight excluding hydrogens is 168 g/mol. The van der Waals surface area contributed by atoms with E-state index in [0.717, 1.165) is 12.3 Å². The molecule has 0 atom stereocenters. The lowest BCUT2D eigenvalue weighted by Crippen LogP contribution is -1.73. The van der Waals surface area contributed by atoms with Crippen molar-refractivity contribution in [3.8, 4) is 0 Å². The van der Waals surface area contributed by atoms with E-state index >= 15 is 0 Å². The zero-order chi connectivity index (χ0) is 11.4. The Morgan fingerprint density at radius 1 is 0.929 bits per heavy atom. The Kier molecular flexibility index (Phi) is 13.7. The highest BCUT2D eigenvalue weighted by Gasteiger charge is 1.79. The molecule has 0 fully saturated rings. The van der Waals surface area contributed by atoms with E-state index in [4.69, 9.17) is 0 Å². The SMILES string of the molecule is CC.CC(C)C.CCc1ccccc1. The smallest absolute Gasteiger partial charge is 0.0307 e. The van der Waals surface area contributed by atoms with Crippen molar-refractivity contribution >= 4 is 0 Å². The molecule has 0 amide bonds. The lowest BCUT2D eigenvalue weighted by Gasteiger charge is -1.89. The van der Waals surface area contributed by atoms with Crippen LogP contribution in [0.1, 0.15) is 47.1 Å². The van der Waals surface area contributed by atoms with Gasteiger partial charge in [0.15, 0.2) is 0 Å². The Morgan fingerprint density at radius 3 is 1.50 bits per heavy atom. The Labute approximate surface area is 90.4 Å². The van der Waals surface area contributed by atoms with Gasteiger partial charge in [-0.2, -0.15) is 0 Å². The van der Waals surface area contributed by atoms with E-state index < -0.39 is 0 Å². The summed E-state index contributed by atoms with van der Waals surface area (Å²) < 4.78 is 0. The molecule has 0 unspecified atom stereocenters. The molecule has 1 aromatic rings. The topological polar surface area (TPSA) is 0 Å². The monoisotopic (exact) mass is 194 g/mol. The van der Waals surface area contributed by atoms with Gasteiger partial charge in [0, 0.05) is 0 Å². The van der Waals surface area contributed by atoms with Gasteiger partial charge < -0.3 is 0 Å². The van der Waals surface area contributed by atoms with Crippen molar-refractivity contribution in [1.29, 1.82) is 0 Å². The molecule has 0 nitrogen and oxygen atoms in total. The van der Waals surface area contributed by atoms with Crippen LogP contribution in [-0.2, 0) is 6.42 Å². The van der Waals surface area contributed by atoms with Crippen LogP contribution in [0.2, 0.25) is 0 Å². The third-order valence-electron chi connectivity index (χ3n) is 1.25. The fourth-order valence-electron chi connectivity index (χ4n) is 0.714. The van der Waals surface area contributed by atoms with Crippen molar-refractivity contribution in [2.24, 2.45) is 5.92 Å². The zero-order valence-electron chi connectivity index (χ0n) is 10.7. The van der Waals surface area contributed by atoms with Crippen molar-refractivity contribution in [3.63, 3.8) is 0 Å². The number of hydrogen-bond donors (Lipinski definition) is 0. The highest BCUT2D eigenvalue weighted by Crippen LogP contribution is 1.96. The summed E-state index contributed by atoms with van der Waals surface area (Å²) in [5, 5.41) is 0. The Bertz CT molecular complexity index is 172. The standard InChI is InChI=1S/C8H10.C4H10.C2H6/c1-2-8-6-4-3-5-7-8;1-4(2)3;1-2/h3-7H,2H2,1H3;4H,1-3H3;1-2H3. The van der Waals surface area contributed by atoms with E-state index in [1.165, 1.54) is 5.56 Å². The lowest BCUT2D eigenvalue weighted by atomic mass is 10.2. The van der Waals surface area contributed by atoms with E-state index in [2.05, 4.69) is 52.0 Å². The van der Waals surface area contributed by atoms with Gasteiger partial charge in [-0.05, 0) is 17.9 Å². The van der Waals surface area contributed by atoms with E-state index in [9.17, 15) is 0 Å². The van der Waals surface area contributed by atoms with Crippen molar-refractivity contribution in [2.75, 3.05) is 0 Å². The number of rotatable bonds is 1. The minimum atomic E-state index is 0.833. The highest BCUT2D eigenvalue weighted by molar-refractivity contribution is 5.13. The minimum Gasteiger partial charge on any atom is -0.0683 e. The first-order valence-corrected chi connectivity index (χ1v) is 5.70. The summed E-state index contributed by atoms with van der Waals surface area (Å²) >= 11 is 0. The maximum absolute atomic E-state index is 2.17. The maximum atomic E-state index is 2.17. The van der Waals surface area contributed by atoms with Crippen LogP contribution in [0.15, 0.2) is 30.3 Å². The molecule has 0 heterocycles. The van der Waals surface area contributed by atoms with Crippen LogP contribution in [0.25, 0.3) is 0 Å². The van der Waals surface area contributed by atoms with Crippen molar-refractivity contribution in [2.45, 2.75) is 48.0 Å². The molecule has 0 spiro atoms. The summed E-state index contributed by atoms with van der Waals surface area (Å²) in [7, 11) is 0. The fourth-order valence-corrected chi connectivity index (χ4v) is 0.714. The molecule has 0 radical (unpaired) electrons.